The lowest BCUT2D eigenvalue weighted by Crippen LogP contribution is -3.14. The molecule has 2 aromatic rings. The van der Waals surface area contributed by atoms with Crippen molar-refractivity contribution < 1.29 is 14.8 Å². The molecule has 4 heteroatoms. The van der Waals surface area contributed by atoms with E-state index in [1.54, 1.807) is 11.3 Å². The van der Waals surface area contributed by atoms with Gasteiger partial charge in [0, 0.05) is 12.0 Å². The molecule has 1 aliphatic heterocycles. The van der Waals surface area contributed by atoms with Gasteiger partial charge >= 0.3 is 0 Å². The zero-order valence-electron chi connectivity index (χ0n) is 10.5. The molecule has 3 rings (SSSR count). The highest BCUT2D eigenvalue weighted by molar-refractivity contribution is 7.10. The van der Waals surface area contributed by atoms with Crippen LogP contribution in [-0.2, 0) is 11.2 Å². The molecular weight excluding hydrogens is 258 g/mol. The minimum atomic E-state index is -0.976. The molecule has 98 valence electrons. The second kappa shape index (κ2) is 5.15. The summed E-state index contributed by atoms with van der Waals surface area (Å²) in [6, 6.07) is 12.6. The fraction of sp³-hybridized carbons (Fsp3) is 0.267. The number of carboxylic acids is 1. The number of fused-ring (bicyclic) bond motifs is 1. The van der Waals surface area contributed by atoms with Gasteiger partial charge < -0.3 is 14.8 Å². The van der Waals surface area contributed by atoms with Gasteiger partial charge in [-0.15, -0.1) is 11.3 Å². The standard InChI is InChI=1S/C15H15NO2S/c17-14(18)10-16-8-7-11-4-1-2-5-12(11)15(16)13-6-3-9-19-13/h1-6,9,15H,7-8,10H2,(H,17,18)/t15-/m1/s1. The molecule has 0 saturated heterocycles. The van der Waals surface area contributed by atoms with Crippen LogP contribution < -0.4 is 10.0 Å². The summed E-state index contributed by atoms with van der Waals surface area (Å²) in [5.74, 6) is -0.976. The third-order valence-corrected chi connectivity index (χ3v) is 4.63. The molecule has 2 atom stereocenters. The van der Waals surface area contributed by atoms with Crippen LogP contribution in [0.25, 0.3) is 0 Å². The van der Waals surface area contributed by atoms with E-state index in [2.05, 4.69) is 18.2 Å². The normalized spacial score (nSPS) is 21.9. The quantitative estimate of drug-likeness (QED) is 0.857. The lowest BCUT2D eigenvalue weighted by molar-refractivity contribution is -0.921. The SMILES string of the molecule is O=C([O-])C[NH+]1CCc2ccccc2[C@@H]1c1cccs1. The topological polar surface area (TPSA) is 44.6 Å². The monoisotopic (exact) mass is 273 g/mol. The molecule has 19 heavy (non-hydrogen) atoms. The van der Waals surface area contributed by atoms with Gasteiger partial charge in [0.2, 0.25) is 0 Å². The fourth-order valence-electron chi connectivity index (χ4n) is 2.89. The van der Waals surface area contributed by atoms with Crippen LogP contribution in [0.4, 0.5) is 0 Å². The molecule has 3 nitrogen and oxygen atoms in total. The molecule has 1 aromatic carbocycles. The number of hydrogen-bond acceptors (Lipinski definition) is 3. The first kappa shape index (κ1) is 12.4. The van der Waals surface area contributed by atoms with E-state index in [4.69, 9.17) is 0 Å². The third kappa shape index (κ3) is 2.41. The van der Waals surface area contributed by atoms with Crippen molar-refractivity contribution >= 4 is 17.3 Å². The molecule has 1 aliphatic rings. The minimum Gasteiger partial charge on any atom is -0.544 e. The first-order valence-corrected chi connectivity index (χ1v) is 7.29. The zero-order valence-corrected chi connectivity index (χ0v) is 11.3. The summed E-state index contributed by atoms with van der Waals surface area (Å²) in [6.07, 6.45) is 0.931. The number of hydrogen-bond donors (Lipinski definition) is 1. The second-order valence-electron chi connectivity index (χ2n) is 4.85. The van der Waals surface area contributed by atoms with E-state index in [-0.39, 0.29) is 12.6 Å². The predicted octanol–water partition coefficient (Wildman–Crippen LogP) is 0.0284. The Labute approximate surface area is 116 Å². The van der Waals surface area contributed by atoms with Crippen LogP contribution >= 0.6 is 11.3 Å². The number of carbonyl (C=O) groups excluding carboxylic acids is 1. The van der Waals surface area contributed by atoms with Crippen molar-refractivity contribution in [1.29, 1.82) is 0 Å². The van der Waals surface area contributed by atoms with Crippen LogP contribution in [0.1, 0.15) is 22.0 Å². The minimum absolute atomic E-state index is 0.0664. The number of benzene rings is 1. The van der Waals surface area contributed by atoms with Crippen LogP contribution in [0.3, 0.4) is 0 Å². The highest BCUT2D eigenvalue weighted by atomic mass is 32.1. The maximum Gasteiger partial charge on any atom is 0.149 e. The molecule has 1 aromatic heterocycles. The molecule has 0 bridgehead atoms. The molecule has 0 radical (unpaired) electrons. The van der Waals surface area contributed by atoms with Crippen LogP contribution in [0.2, 0.25) is 0 Å². The van der Waals surface area contributed by atoms with E-state index in [0.29, 0.717) is 0 Å². The largest absolute Gasteiger partial charge is 0.544 e. The Bertz CT molecular complexity index is 580. The Hall–Kier alpha value is -1.65. The molecule has 0 spiro atoms. The van der Waals surface area contributed by atoms with Gasteiger partial charge in [-0.1, -0.05) is 30.3 Å². The van der Waals surface area contributed by atoms with Gasteiger partial charge in [-0.2, -0.15) is 0 Å². The van der Waals surface area contributed by atoms with Crippen LogP contribution in [0, 0.1) is 0 Å². The Morgan fingerprint density at radius 2 is 2.16 bits per heavy atom. The van der Waals surface area contributed by atoms with Crippen molar-refractivity contribution in [2.24, 2.45) is 0 Å². The summed E-state index contributed by atoms with van der Waals surface area (Å²) in [6.45, 7) is 0.907. The van der Waals surface area contributed by atoms with Crippen molar-refractivity contribution in [2.45, 2.75) is 12.5 Å². The smallest absolute Gasteiger partial charge is 0.149 e. The molecule has 0 aliphatic carbocycles. The van der Waals surface area contributed by atoms with E-state index in [0.717, 1.165) is 17.9 Å². The first-order valence-electron chi connectivity index (χ1n) is 6.41. The van der Waals surface area contributed by atoms with Gasteiger partial charge in [-0.25, -0.2) is 0 Å². The van der Waals surface area contributed by atoms with Gasteiger partial charge in [0.1, 0.15) is 12.6 Å². The highest BCUT2D eigenvalue weighted by Gasteiger charge is 2.32. The Morgan fingerprint density at radius 1 is 1.32 bits per heavy atom. The second-order valence-corrected chi connectivity index (χ2v) is 5.83. The maximum atomic E-state index is 11.0. The highest BCUT2D eigenvalue weighted by Crippen LogP contribution is 2.28. The molecule has 0 amide bonds. The predicted molar refractivity (Wildman–Crippen MR) is 72.0 cm³/mol. The number of nitrogens with one attached hydrogen (secondary N) is 1. The van der Waals surface area contributed by atoms with Crippen molar-refractivity contribution in [2.75, 3.05) is 13.1 Å². The Balaban J connectivity index is 2.03. The zero-order chi connectivity index (χ0) is 13.2. The van der Waals surface area contributed by atoms with E-state index >= 15 is 0 Å². The van der Waals surface area contributed by atoms with Gasteiger partial charge in [0.15, 0.2) is 0 Å². The van der Waals surface area contributed by atoms with Gasteiger partial charge in [0.25, 0.3) is 0 Å². The van der Waals surface area contributed by atoms with Crippen molar-refractivity contribution in [3.63, 3.8) is 0 Å². The molecule has 1 unspecified atom stereocenters. The average molecular weight is 273 g/mol. The number of quaternary nitrogens is 1. The van der Waals surface area contributed by atoms with Crippen molar-refractivity contribution in [3.05, 3.63) is 57.8 Å². The number of carboxylic acid groups (broad SMARTS) is 1. The Kier molecular flexibility index (Phi) is 3.36. The van der Waals surface area contributed by atoms with Gasteiger partial charge in [-0.3, -0.25) is 0 Å². The van der Waals surface area contributed by atoms with Crippen LogP contribution in [-0.4, -0.2) is 19.1 Å². The molecular formula is C15H15NO2S. The first-order chi connectivity index (χ1) is 9.25. The summed E-state index contributed by atoms with van der Waals surface area (Å²) in [4.78, 5) is 13.3. The Morgan fingerprint density at radius 3 is 2.89 bits per heavy atom. The van der Waals surface area contributed by atoms with E-state index < -0.39 is 5.97 Å². The summed E-state index contributed by atoms with van der Waals surface area (Å²) >= 11 is 1.69. The lowest BCUT2D eigenvalue weighted by atomic mass is 9.91. The van der Waals surface area contributed by atoms with Crippen molar-refractivity contribution in [1.82, 2.24) is 0 Å². The number of aliphatic carboxylic acids is 1. The maximum absolute atomic E-state index is 11.0. The summed E-state index contributed by atoms with van der Waals surface area (Å²) in [7, 11) is 0. The van der Waals surface area contributed by atoms with E-state index in [1.807, 2.05) is 23.6 Å². The average Bonchev–Trinajstić information content (AvgIpc) is 2.91. The number of thiophene rings is 1. The lowest BCUT2D eigenvalue weighted by Gasteiger charge is -2.34. The van der Waals surface area contributed by atoms with E-state index in [9.17, 15) is 9.90 Å². The molecule has 0 saturated carbocycles. The van der Waals surface area contributed by atoms with Crippen molar-refractivity contribution in [3.8, 4) is 0 Å². The molecule has 0 fully saturated rings. The van der Waals surface area contributed by atoms with Crippen LogP contribution in [0.15, 0.2) is 41.8 Å². The molecule has 2 heterocycles. The van der Waals surface area contributed by atoms with Gasteiger partial charge in [-0.05, 0) is 17.0 Å². The fourth-order valence-corrected chi connectivity index (χ4v) is 3.79. The summed E-state index contributed by atoms with van der Waals surface area (Å²) in [5, 5.41) is 13.0. The summed E-state index contributed by atoms with van der Waals surface area (Å²) < 4.78 is 0. The summed E-state index contributed by atoms with van der Waals surface area (Å²) in [5.41, 5.74) is 2.59. The number of carbonyl (C=O) groups is 1. The van der Waals surface area contributed by atoms with Gasteiger partial charge in [0.05, 0.1) is 17.4 Å². The van der Waals surface area contributed by atoms with E-state index in [1.165, 1.54) is 16.0 Å². The number of rotatable bonds is 3. The third-order valence-electron chi connectivity index (χ3n) is 3.69. The van der Waals surface area contributed by atoms with Crippen LogP contribution in [0.5, 0.6) is 0 Å². The molecule has 1 N–H and O–H groups in total.